The maximum atomic E-state index is 12.8. The van der Waals surface area contributed by atoms with E-state index in [4.69, 9.17) is 9.47 Å². The summed E-state index contributed by atoms with van der Waals surface area (Å²) < 4.78 is 12.5. The Bertz CT molecular complexity index is 1180. The van der Waals surface area contributed by atoms with Crippen LogP contribution in [0.5, 0.6) is 11.5 Å². The summed E-state index contributed by atoms with van der Waals surface area (Å²) in [5.74, 6) is 1.92. The van der Waals surface area contributed by atoms with Gasteiger partial charge in [-0.15, -0.1) is 10.2 Å². The summed E-state index contributed by atoms with van der Waals surface area (Å²) in [6, 6.07) is 18.7. The number of carbonyl (C=O) groups is 1. The summed E-state index contributed by atoms with van der Waals surface area (Å²) in [5, 5.41) is 9.34. The summed E-state index contributed by atoms with van der Waals surface area (Å²) >= 11 is 1.33. The van der Waals surface area contributed by atoms with Gasteiger partial charge in [0.15, 0.2) is 28.3 Å². The first-order valence-electron chi connectivity index (χ1n) is 9.50. The fraction of sp³-hybridized carbons (Fsp3) is 0.130. The molecule has 0 saturated carbocycles. The van der Waals surface area contributed by atoms with E-state index in [1.54, 1.807) is 44.8 Å². The SMILES string of the molecule is COc1ccc(C(=O)CSc2nnc(-c3cccnc3)n2-c2ccccc2)cc1OC. The number of nitrogens with zero attached hydrogens (tertiary/aromatic N) is 4. The molecule has 2 aromatic heterocycles. The number of carbonyl (C=O) groups excluding carboxylic acids is 1. The molecule has 0 atom stereocenters. The zero-order chi connectivity index (χ0) is 21.6. The Hall–Kier alpha value is -3.65. The number of methoxy groups -OCH3 is 2. The molecule has 7 nitrogen and oxygen atoms in total. The lowest BCUT2D eigenvalue weighted by Gasteiger charge is -2.11. The van der Waals surface area contributed by atoms with Crippen molar-refractivity contribution in [3.05, 3.63) is 78.6 Å². The van der Waals surface area contributed by atoms with Gasteiger partial charge >= 0.3 is 0 Å². The Morgan fingerprint density at radius 3 is 2.48 bits per heavy atom. The number of aromatic nitrogens is 4. The van der Waals surface area contributed by atoms with Gasteiger partial charge in [0.05, 0.1) is 20.0 Å². The third-order valence-electron chi connectivity index (χ3n) is 4.61. The number of rotatable bonds is 8. The highest BCUT2D eigenvalue weighted by molar-refractivity contribution is 7.99. The van der Waals surface area contributed by atoms with Crippen LogP contribution in [0.15, 0.2) is 78.2 Å². The van der Waals surface area contributed by atoms with Crippen LogP contribution in [0, 0.1) is 0 Å². The average molecular weight is 433 g/mol. The van der Waals surface area contributed by atoms with Gasteiger partial charge in [-0.05, 0) is 42.5 Å². The van der Waals surface area contributed by atoms with E-state index in [1.807, 2.05) is 47.0 Å². The highest BCUT2D eigenvalue weighted by Crippen LogP contribution is 2.30. The minimum absolute atomic E-state index is 0.0449. The number of Topliss-reactive ketones (excluding diaryl/α,β-unsaturated/α-hetero) is 1. The maximum Gasteiger partial charge on any atom is 0.196 e. The fourth-order valence-corrected chi connectivity index (χ4v) is 3.92. The van der Waals surface area contributed by atoms with Crippen molar-refractivity contribution in [3.63, 3.8) is 0 Å². The molecule has 0 saturated heterocycles. The van der Waals surface area contributed by atoms with Gasteiger partial charge in [-0.2, -0.15) is 0 Å². The molecular formula is C23H20N4O3S. The third kappa shape index (κ3) is 4.44. The van der Waals surface area contributed by atoms with Crippen molar-refractivity contribution in [2.24, 2.45) is 0 Å². The summed E-state index contributed by atoms with van der Waals surface area (Å²) in [4.78, 5) is 17.0. The van der Waals surface area contributed by atoms with Crippen molar-refractivity contribution >= 4 is 17.5 Å². The molecule has 0 radical (unpaired) electrons. The third-order valence-corrected chi connectivity index (χ3v) is 5.53. The second-order valence-electron chi connectivity index (χ2n) is 6.50. The summed E-state index contributed by atoms with van der Waals surface area (Å²) in [6.07, 6.45) is 3.46. The van der Waals surface area contributed by atoms with Gasteiger partial charge in [0.2, 0.25) is 0 Å². The van der Waals surface area contributed by atoms with Crippen molar-refractivity contribution in [2.75, 3.05) is 20.0 Å². The van der Waals surface area contributed by atoms with Crippen LogP contribution in [0.1, 0.15) is 10.4 Å². The number of benzene rings is 2. The lowest BCUT2D eigenvalue weighted by Crippen LogP contribution is -2.05. The van der Waals surface area contributed by atoms with E-state index < -0.39 is 0 Å². The number of ketones is 1. The van der Waals surface area contributed by atoms with Gasteiger partial charge in [-0.1, -0.05) is 30.0 Å². The zero-order valence-electron chi connectivity index (χ0n) is 17.1. The second kappa shape index (κ2) is 9.44. The first-order valence-corrected chi connectivity index (χ1v) is 10.5. The Morgan fingerprint density at radius 1 is 0.968 bits per heavy atom. The number of pyridine rings is 1. The van der Waals surface area contributed by atoms with Gasteiger partial charge < -0.3 is 9.47 Å². The lowest BCUT2D eigenvalue weighted by molar-refractivity contribution is 0.102. The van der Waals surface area contributed by atoms with Gasteiger partial charge in [0.1, 0.15) is 0 Å². The van der Waals surface area contributed by atoms with Gasteiger partial charge in [0, 0.05) is 29.2 Å². The normalized spacial score (nSPS) is 10.6. The molecule has 0 aliphatic carbocycles. The van der Waals surface area contributed by atoms with Crippen LogP contribution < -0.4 is 9.47 Å². The minimum atomic E-state index is -0.0449. The molecule has 0 aliphatic heterocycles. The van der Waals surface area contributed by atoms with Crippen LogP contribution >= 0.6 is 11.8 Å². The van der Waals surface area contributed by atoms with Crippen LogP contribution in [0.2, 0.25) is 0 Å². The van der Waals surface area contributed by atoms with E-state index in [2.05, 4.69) is 15.2 Å². The highest BCUT2D eigenvalue weighted by Gasteiger charge is 2.18. The van der Waals surface area contributed by atoms with Crippen LogP contribution in [0.3, 0.4) is 0 Å². The smallest absolute Gasteiger partial charge is 0.196 e. The Labute approximate surface area is 184 Å². The summed E-state index contributed by atoms with van der Waals surface area (Å²) in [7, 11) is 3.11. The maximum absolute atomic E-state index is 12.8. The topological polar surface area (TPSA) is 79.1 Å². The van der Waals surface area contributed by atoms with Crippen molar-refractivity contribution in [1.82, 2.24) is 19.7 Å². The Kier molecular flexibility index (Phi) is 6.28. The standard InChI is InChI=1S/C23H20N4O3S/c1-29-20-11-10-16(13-21(20)30-2)19(28)15-31-23-26-25-22(17-7-6-12-24-14-17)27(23)18-8-4-3-5-9-18/h3-14H,15H2,1-2H3. The fourth-order valence-electron chi connectivity index (χ4n) is 3.08. The van der Waals surface area contributed by atoms with E-state index in [9.17, 15) is 4.79 Å². The molecule has 4 aromatic rings. The number of ether oxygens (including phenoxy) is 2. The van der Waals surface area contributed by atoms with E-state index in [-0.39, 0.29) is 11.5 Å². The number of para-hydroxylation sites is 1. The Morgan fingerprint density at radius 2 is 1.77 bits per heavy atom. The van der Waals surface area contributed by atoms with Crippen LogP contribution in [-0.2, 0) is 0 Å². The molecule has 4 rings (SSSR count). The first-order chi connectivity index (χ1) is 15.2. The monoisotopic (exact) mass is 432 g/mol. The molecule has 2 heterocycles. The van der Waals surface area contributed by atoms with Crippen molar-refractivity contribution in [3.8, 4) is 28.6 Å². The zero-order valence-corrected chi connectivity index (χ0v) is 17.9. The van der Waals surface area contributed by atoms with Gasteiger partial charge in [-0.3, -0.25) is 14.3 Å². The lowest BCUT2D eigenvalue weighted by atomic mass is 10.1. The number of hydrogen-bond acceptors (Lipinski definition) is 7. The molecular weight excluding hydrogens is 412 g/mol. The quantitative estimate of drug-likeness (QED) is 0.303. The molecule has 0 aliphatic rings. The number of hydrogen-bond donors (Lipinski definition) is 0. The van der Waals surface area contributed by atoms with Crippen LogP contribution in [0.4, 0.5) is 0 Å². The van der Waals surface area contributed by atoms with E-state index >= 15 is 0 Å². The summed E-state index contributed by atoms with van der Waals surface area (Å²) in [5.41, 5.74) is 2.30. The van der Waals surface area contributed by atoms with Gasteiger partial charge in [-0.25, -0.2) is 0 Å². The predicted octanol–water partition coefficient (Wildman–Crippen LogP) is 4.32. The molecule has 0 amide bonds. The van der Waals surface area contributed by atoms with Crippen molar-refractivity contribution in [1.29, 1.82) is 0 Å². The van der Waals surface area contributed by atoms with Gasteiger partial charge in [0.25, 0.3) is 0 Å². The molecule has 8 heteroatoms. The number of thioether (sulfide) groups is 1. The Balaban J connectivity index is 1.62. The molecule has 0 fully saturated rings. The molecule has 2 aromatic carbocycles. The molecule has 0 N–H and O–H groups in total. The average Bonchev–Trinajstić information content (AvgIpc) is 3.27. The second-order valence-corrected chi connectivity index (χ2v) is 7.44. The summed E-state index contributed by atoms with van der Waals surface area (Å²) in [6.45, 7) is 0. The van der Waals surface area contributed by atoms with Crippen molar-refractivity contribution in [2.45, 2.75) is 5.16 Å². The first kappa shape index (κ1) is 20.6. The van der Waals surface area contributed by atoms with E-state index in [0.717, 1.165) is 11.3 Å². The van der Waals surface area contributed by atoms with Crippen LogP contribution in [-0.4, -0.2) is 45.5 Å². The molecule has 0 spiro atoms. The minimum Gasteiger partial charge on any atom is -0.493 e. The molecule has 0 bridgehead atoms. The highest BCUT2D eigenvalue weighted by atomic mass is 32.2. The molecule has 31 heavy (non-hydrogen) atoms. The van der Waals surface area contributed by atoms with Crippen LogP contribution in [0.25, 0.3) is 17.1 Å². The molecule has 0 unspecified atom stereocenters. The largest absolute Gasteiger partial charge is 0.493 e. The van der Waals surface area contributed by atoms with E-state index in [1.165, 1.54) is 11.8 Å². The van der Waals surface area contributed by atoms with E-state index in [0.29, 0.717) is 28.0 Å². The predicted molar refractivity (Wildman–Crippen MR) is 119 cm³/mol. The van der Waals surface area contributed by atoms with Crippen molar-refractivity contribution < 1.29 is 14.3 Å². The molecule has 156 valence electrons.